The molecule has 126 valence electrons. The van der Waals surface area contributed by atoms with E-state index in [0.717, 1.165) is 27.5 Å². The molecule has 0 aliphatic rings. The third-order valence-corrected chi connectivity index (χ3v) is 5.40. The molecule has 24 heavy (non-hydrogen) atoms. The zero-order valence-electron chi connectivity index (χ0n) is 13.3. The van der Waals surface area contributed by atoms with Crippen molar-refractivity contribution in [2.24, 2.45) is 0 Å². The second-order valence-electron chi connectivity index (χ2n) is 5.37. The van der Waals surface area contributed by atoms with Gasteiger partial charge in [0.05, 0.1) is 17.6 Å². The minimum Gasteiger partial charge on any atom is -0.497 e. The minimum atomic E-state index is 0.542. The van der Waals surface area contributed by atoms with Gasteiger partial charge in [0.1, 0.15) is 5.75 Å². The van der Waals surface area contributed by atoms with E-state index in [1.54, 1.807) is 18.4 Å². The Morgan fingerprint density at radius 1 is 1.29 bits per heavy atom. The molecule has 3 aromatic rings. The van der Waals surface area contributed by atoms with Gasteiger partial charge in [-0.1, -0.05) is 0 Å². The Kier molecular flexibility index (Phi) is 5.50. The number of ether oxygens (including phenoxy) is 1. The Morgan fingerprint density at radius 2 is 2.04 bits per heavy atom. The van der Waals surface area contributed by atoms with Gasteiger partial charge in [-0.15, -0.1) is 11.3 Å². The minimum absolute atomic E-state index is 0.542. The van der Waals surface area contributed by atoms with E-state index in [2.05, 4.69) is 50.1 Å². The van der Waals surface area contributed by atoms with Crippen molar-refractivity contribution in [1.82, 2.24) is 19.7 Å². The maximum absolute atomic E-state index is 5.37. The van der Waals surface area contributed by atoms with E-state index in [1.807, 2.05) is 28.9 Å². The first-order chi connectivity index (χ1) is 11.5. The van der Waals surface area contributed by atoms with Crippen molar-refractivity contribution in [3.63, 3.8) is 0 Å². The normalized spacial score (nSPS) is 11.2. The Balaban J connectivity index is 1.72. The highest BCUT2D eigenvalue weighted by atomic mass is 79.9. The Morgan fingerprint density at radius 3 is 2.67 bits per heavy atom. The number of halogens is 1. The fourth-order valence-electron chi connectivity index (χ4n) is 2.32. The number of hydrogen-bond acceptors (Lipinski definition) is 5. The molecule has 2 heterocycles. The summed E-state index contributed by atoms with van der Waals surface area (Å²) in [6, 6.07) is 11.9. The molecule has 0 bridgehead atoms. The summed E-state index contributed by atoms with van der Waals surface area (Å²) in [6.07, 6.45) is 0. The van der Waals surface area contributed by atoms with Gasteiger partial charge in [-0.3, -0.25) is 10.00 Å². The van der Waals surface area contributed by atoms with Crippen molar-refractivity contribution < 1.29 is 4.74 Å². The summed E-state index contributed by atoms with van der Waals surface area (Å²) >= 11 is 10.6. The third kappa shape index (κ3) is 4.13. The molecule has 0 fully saturated rings. The van der Waals surface area contributed by atoms with Crippen molar-refractivity contribution in [3.05, 3.63) is 49.8 Å². The fraction of sp³-hybridized carbons (Fsp3) is 0.250. The molecule has 0 atom stereocenters. The SMILES string of the molecule is COc1ccc(-c2nc(=S)n(CN(C)Cc3ccc(Br)s3)[nH]2)cc1. The first-order valence-electron chi connectivity index (χ1n) is 7.29. The van der Waals surface area contributed by atoms with E-state index in [9.17, 15) is 0 Å². The maximum atomic E-state index is 5.37. The molecule has 0 spiro atoms. The number of rotatable bonds is 6. The molecule has 1 aromatic carbocycles. The largest absolute Gasteiger partial charge is 0.497 e. The molecule has 0 aliphatic heterocycles. The average Bonchev–Trinajstić information content (AvgIpc) is 3.13. The lowest BCUT2D eigenvalue weighted by molar-refractivity contribution is 0.246. The molecule has 0 aliphatic carbocycles. The van der Waals surface area contributed by atoms with Gasteiger partial charge in [0.25, 0.3) is 0 Å². The highest BCUT2D eigenvalue weighted by Gasteiger charge is 2.08. The monoisotopic (exact) mass is 424 g/mol. The Bertz CT molecular complexity index is 869. The molecule has 5 nitrogen and oxygen atoms in total. The molecule has 3 rings (SSSR count). The molecule has 0 amide bonds. The van der Waals surface area contributed by atoms with Crippen molar-refractivity contribution in [2.75, 3.05) is 14.2 Å². The van der Waals surface area contributed by atoms with E-state index in [4.69, 9.17) is 17.0 Å². The van der Waals surface area contributed by atoms with Crippen LogP contribution in [0.5, 0.6) is 5.75 Å². The summed E-state index contributed by atoms with van der Waals surface area (Å²) < 4.78 is 8.74. The number of methoxy groups -OCH3 is 1. The van der Waals surface area contributed by atoms with E-state index >= 15 is 0 Å². The lowest BCUT2D eigenvalue weighted by Crippen LogP contribution is -2.22. The van der Waals surface area contributed by atoms with Crippen molar-refractivity contribution in [3.8, 4) is 17.1 Å². The van der Waals surface area contributed by atoms with Crippen LogP contribution in [0.25, 0.3) is 11.4 Å². The second-order valence-corrected chi connectivity index (χ2v) is 8.29. The second kappa shape index (κ2) is 7.60. The lowest BCUT2D eigenvalue weighted by Gasteiger charge is -2.15. The van der Waals surface area contributed by atoms with Gasteiger partial charge in [-0.2, -0.15) is 4.98 Å². The number of nitrogens with one attached hydrogen (secondary N) is 1. The quantitative estimate of drug-likeness (QED) is 0.590. The Labute approximate surface area is 158 Å². The summed E-state index contributed by atoms with van der Waals surface area (Å²) in [5, 5.41) is 3.27. The van der Waals surface area contributed by atoms with E-state index < -0.39 is 0 Å². The number of aromatic amines is 1. The van der Waals surface area contributed by atoms with Crippen molar-refractivity contribution in [2.45, 2.75) is 13.2 Å². The topological polar surface area (TPSA) is 46.1 Å². The first-order valence-corrected chi connectivity index (χ1v) is 9.31. The molecule has 1 N–H and O–H groups in total. The molecule has 2 aromatic heterocycles. The molecular formula is C16H17BrN4OS2. The van der Waals surface area contributed by atoms with E-state index in [1.165, 1.54) is 4.88 Å². The Hall–Kier alpha value is -1.48. The summed E-state index contributed by atoms with van der Waals surface area (Å²) in [7, 11) is 3.71. The summed E-state index contributed by atoms with van der Waals surface area (Å²) in [5.74, 6) is 1.58. The average molecular weight is 425 g/mol. The predicted octanol–water partition coefficient (Wildman–Crippen LogP) is 4.53. The van der Waals surface area contributed by atoms with Crippen molar-refractivity contribution >= 4 is 39.5 Å². The van der Waals surface area contributed by atoms with Crippen LogP contribution in [-0.2, 0) is 13.2 Å². The highest BCUT2D eigenvalue weighted by molar-refractivity contribution is 9.11. The van der Waals surface area contributed by atoms with Gasteiger partial charge in [-0.05, 0) is 71.6 Å². The number of thiophene rings is 1. The van der Waals surface area contributed by atoms with E-state index in [-0.39, 0.29) is 0 Å². The maximum Gasteiger partial charge on any atom is 0.217 e. The molecule has 8 heteroatoms. The lowest BCUT2D eigenvalue weighted by atomic mass is 10.2. The first kappa shape index (κ1) is 17.3. The summed E-state index contributed by atoms with van der Waals surface area (Å²) in [5.41, 5.74) is 0.977. The molecular weight excluding hydrogens is 408 g/mol. The van der Waals surface area contributed by atoms with Gasteiger partial charge >= 0.3 is 0 Å². The van der Waals surface area contributed by atoms with Crippen LogP contribution in [0.1, 0.15) is 4.88 Å². The van der Waals surface area contributed by atoms with Crippen LogP contribution in [0.4, 0.5) is 0 Å². The van der Waals surface area contributed by atoms with Gasteiger partial charge in [0.2, 0.25) is 4.77 Å². The molecule has 0 saturated carbocycles. The zero-order valence-corrected chi connectivity index (χ0v) is 16.5. The molecule has 0 radical (unpaired) electrons. The number of benzene rings is 1. The van der Waals surface area contributed by atoms with Gasteiger partial charge < -0.3 is 4.74 Å². The smallest absolute Gasteiger partial charge is 0.217 e. The summed E-state index contributed by atoms with van der Waals surface area (Å²) in [6.45, 7) is 1.51. The van der Waals surface area contributed by atoms with Crippen molar-refractivity contribution in [1.29, 1.82) is 0 Å². The predicted molar refractivity (Wildman–Crippen MR) is 103 cm³/mol. The third-order valence-electron chi connectivity index (χ3n) is 3.48. The van der Waals surface area contributed by atoms with Gasteiger partial charge in [0, 0.05) is 17.0 Å². The van der Waals surface area contributed by atoms with Crippen LogP contribution < -0.4 is 4.74 Å². The van der Waals surface area contributed by atoms with Crippen LogP contribution in [0.15, 0.2) is 40.2 Å². The highest BCUT2D eigenvalue weighted by Crippen LogP contribution is 2.23. The van der Waals surface area contributed by atoms with Crippen LogP contribution in [0.2, 0.25) is 0 Å². The number of H-pyrrole nitrogens is 1. The number of hydrogen-bond donors (Lipinski definition) is 1. The van der Waals surface area contributed by atoms with Crippen LogP contribution in [0, 0.1) is 4.77 Å². The zero-order chi connectivity index (χ0) is 17.1. The molecule has 0 saturated heterocycles. The number of aromatic nitrogens is 3. The van der Waals surface area contributed by atoms with Gasteiger partial charge in [-0.25, -0.2) is 4.68 Å². The standard InChI is InChI=1S/C16H17BrN4OS2/c1-20(9-13-7-8-14(17)24-13)10-21-16(23)18-15(19-21)11-3-5-12(22-2)6-4-11/h3-8H,9-10H2,1-2H3,(H,18,19,23). The van der Waals surface area contributed by atoms with Crippen LogP contribution >= 0.6 is 39.5 Å². The van der Waals surface area contributed by atoms with E-state index in [0.29, 0.717) is 11.4 Å². The summed E-state index contributed by atoms with van der Waals surface area (Å²) in [4.78, 5) is 7.93. The number of nitrogens with zero attached hydrogens (tertiary/aromatic N) is 3. The molecule has 0 unspecified atom stereocenters. The van der Waals surface area contributed by atoms with Gasteiger partial charge in [0.15, 0.2) is 5.82 Å². The van der Waals surface area contributed by atoms with Crippen LogP contribution in [-0.4, -0.2) is 33.8 Å². The fourth-order valence-corrected chi connectivity index (χ4v) is 4.08. The van der Waals surface area contributed by atoms with Crippen LogP contribution in [0.3, 0.4) is 0 Å².